The number of nitrogens with two attached hydrogens (primary N) is 1. The van der Waals surface area contributed by atoms with Crippen LogP contribution in [0.5, 0.6) is 0 Å². The topological polar surface area (TPSA) is 102 Å². The van der Waals surface area contributed by atoms with Crippen LogP contribution >= 0.6 is 12.4 Å². The van der Waals surface area contributed by atoms with Crippen LogP contribution in [0.1, 0.15) is 31.4 Å². The van der Waals surface area contributed by atoms with E-state index < -0.39 is 5.41 Å². The highest BCUT2D eigenvalue weighted by Crippen LogP contribution is 2.38. The number of anilines is 1. The summed E-state index contributed by atoms with van der Waals surface area (Å²) >= 11 is 0. The van der Waals surface area contributed by atoms with Crippen LogP contribution in [0.2, 0.25) is 0 Å². The molecule has 1 fully saturated rings. The summed E-state index contributed by atoms with van der Waals surface area (Å²) in [5.74, 6) is 0.613. The van der Waals surface area contributed by atoms with Gasteiger partial charge in [0.05, 0.1) is 16.5 Å². The predicted molar refractivity (Wildman–Crippen MR) is 83.4 cm³/mol. The molecule has 0 bridgehead atoms. The molecule has 0 aliphatic heterocycles. The van der Waals surface area contributed by atoms with Gasteiger partial charge in [-0.15, -0.1) is 12.4 Å². The smallest absolute Gasteiger partial charge is 0.233 e. The maximum Gasteiger partial charge on any atom is 0.233 e. The average molecular weight is 313 g/mol. The van der Waals surface area contributed by atoms with Crippen LogP contribution in [-0.2, 0) is 11.8 Å². The summed E-state index contributed by atoms with van der Waals surface area (Å²) in [4.78, 5) is 12.6. The summed E-state index contributed by atoms with van der Waals surface area (Å²) in [5.41, 5.74) is 7.01. The summed E-state index contributed by atoms with van der Waals surface area (Å²) in [5, 5.41) is 15.2. The van der Waals surface area contributed by atoms with Gasteiger partial charge in [-0.2, -0.15) is 10.2 Å². The van der Waals surface area contributed by atoms with Crippen LogP contribution in [0, 0.1) is 12.3 Å². The molecule has 21 heavy (non-hydrogen) atoms. The number of aromatic nitrogens is 4. The van der Waals surface area contributed by atoms with Crippen LogP contribution in [0.3, 0.4) is 0 Å². The summed E-state index contributed by atoms with van der Waals surface area (Å²) in [6.07, 6.45) is 3.85. The fourth-order valence-corrected chi connectivity index (χ4v) is 3.14. The Kier molecular flexibility index (Phi) is 4.25. The van der Waals surface area contributed by atoms with Crippen LogP contribution in [0.4, 0.5) is 5.82 Å². The van der Waals surface area contributed by atoms with Crippen molar-refractivity contribution >= 4 is 35.2 Å². The molecule has 1 aliphatic rings. The number of carbonyl (C=O) groups excluding carboxylic acids is 1. The van der Waals surface area contributed by atoms with Crippen molar-refractivity contribution < 1.29 is 4.79 Å². The molecule has 1 amide bonds. The first-order valence-electron chi connectivity index (χ1n) is 6.96. The molecule has 0 atom stereocenters. The predicted octanol–water partition coefficient (Wildman–Crippen LogP) is 1.48. The van der Waals surface area contributed by atoms with Crippen molar-refractivity contribution in [3.63, 3.8) is 0 Å². The van der Waals surface area contributed by atoms with E-state index in [1.807, 2.05) is 14.0 Å². The zero-order chi connectivity index (χ0) is 14.3. The zero-order valence-corrected chi connectivity index (χ0v) is 13.1. The Labute approximate surface area is 129 Å². The third kappa shape index (κ3) is 2.40. The number of nitrogens with one attached hydrogen (secondary N) is 2. The van der Waals surface area contributed by atoms with Crippen molar-refractivity contribution in [3.8, 4) is 0 Å². The van der Waals surface area contributed by atoms with E-state index in [1.54, 1.807) is 4.68 Å². The number of halogens is 1. The second kappa shape index (κ2) is 5.65. The van der Waals surface area contributed by atoms with Crippen LogP contribution in [0.15, 0.2) is 0 Å². The lowest BCUT2D eigenvalue weighted by Crippen LogP contribution is -2.40. The molecule has 1 aliphatic carbocycles. The Morgan fingerprint density at radius 1 is 1.48 bits per heavy atom. The monoisotopic (exact) mass is 312 g/mol. The van der Waals surface area contributed by atoms with E-state index in [-0.39, 0.29) is 18.3 Å². The Morgan fingerprint density at radius 2 is 2.14 bits per heavy atom. The largest absolute Gasteiger partial charge is 0.329 e. The molecule has 0 spiro atoms. The van der Waals surface area contributed by atoms with Crippen molar-refractivity contribution in [2.24, 2.45) is 18.2 Å². The number of aryl methyl sites for hydroxylation is 2. The fourth-order valence-electron chi connectivity index (χ4n) is 3.14. The number of carbonyl (C=O) groups is 1. The maximum absolute atomic E-state index is 12.6. The van der Waals surface area contributed by atoms with Crippen molar-refractivity contribution in [2.45, 2.75) is 32.6 Å². The first-order chi connectivity index (χ1) is 9.57. The first kappa shape index (κ1) is 15.8. The second-order valence-corrected chi connectivity index (χ2v) is 5.65. The standard InChI is InChI=1S/C13H20N6O.ClH/c1-8-9-10(16-17-11(9)19(2)18-8)15-12(20)13(7-14)5-3-4-6-13;/h3-7,14H2,1-2H3,(H2,15,16,17,20);1H. The van der Waals surface area contributed by atoms with Gasteiger partial charge in [-0.05, 0) is 19.8 Å². The van der Waals surface area contributed by atoms with Crippen LogP contribution in [0.25, 0.3) is 11.0 Å². The van der Waals surface area contributed by atoms with Crippen molar-refractivity contribution in [3.05, 3.63) is 5.69 Å². The number of fused-ring (bicyclic) bond motifs is 1. The molecule has 2 heterocycles. The van der Waals surface area contributed by atoms with Gasteiger partial charge in [0.2, 0.25) is 5.91 Å². The lowest BCUT2D eigenvalue weighted by atomic mass is 9.85. The third-order valence-electron chi connectivity index (χ3n) is 4.39. The van der Waals surface area contributed by atoms with E-state index in [9.17, 15) is 4.79 Å². The number of rotatable bonds is 3. The molecule has 2 aromatic rings. The van der Waals surface area contributed by atoms with E-state index in [4.69, 9.17) is 5.73 Å². The molecule has 4 N–H and O–H groups in total. The van der Waals surface area contributed by atoms with E-state index in [2.05, 4.69) is 20.6 Å². The molecule has 1 saturated carbocycles. The van der Waals surface area contributed by atoms with E-state index in [0.29, 0.717) is 12.4 Å². The highest BCUT2D eigenvalue weighted by atomic mass is 35.5. The average Bonchev–Trinajstić information content (AvgIpc) is 3.10. The number of hydrogen-bond donors (Lipinski definition) is 3. The van der Waals surface area contributed by atoms with Gasteiger partial charge in [0.1, 0.15) is 5.82 Å². The number of nitrogens with zero attached hydrogens (tertiary/aromatic N) is 3. The Bertz CT molecular complexity index is 655. The Hall–Kier alpha value is -1.60. The molecule has 8 heteroatoms. The molecular formula is C13H21ClN6O. The highest BCUT2D eigenvalue weighted by Gasteiger charge is 2.40. The highest BCUT2D eigenvalue weighted by molar-refractivity contribution is 6.02. The van der Waals surface area contributed by atoms with Crippen LogP contribution in [-0.4, -0.2) is 32.4 Å². The van der Waals surface area contributed by atoms with Crippen molar-refractivity contribution in [2.75, 3.05) is 11.9 Å². The lowest BCUT2D eigenvalue weighted by Gasteiger charge is -2.25. The molecular weight excluding hydrogens is 292 g/mol. The normalized spacial score (nSPS) is 16.9. The fraction of sp³-hybridized carbons (Fsp3) is 0.615. The van der Waals surface area contributed by atoms with Crippen molar-refractivity contribution in [1.82, 2.24) is 20.0 Å². The van der Waals surface area contributed by atoms with E-state index in [1.165, 1.54) is 0 Å². The van der Waals surface area contributed by atoms with Gasteiger partial charge in [0.15, 0.2) is 5.65 Å². The summed E-state index contributed by atoms with van der Waals surface area (Å²) < 4.78 is 1.70. The Balaban J connectivity index is 0.00000161. The minimum absolute atomic E-state index is 0. The molecule has 2 aromatic heterocycles. The molecule has 3 rings (SSSR count). The summed E-state index contributed by atoms with van der Waals surface area (Å²) in [6, 6.07) is 0. The lowest BCUT2D eigenvalue weighted by molar-refractivity contribution is -0.124. The van der Waals surface area contributed by atoms with Crippen LogP contribution < -0.4 is 11.1 Å². The van der Waals surface area contributed by atoms with Gasteiger partial charge in [-0.1, -0.05) is 12.8 Å². The van der Waals surface area contributed by atoms with E-state index >= 15 is 0 Å². The summed E-state index contributed by atoms with van der Waals surface area (Å²) in [6.45, 7) is 2.30. The first-order valence-corrected chi connectivity index (χ1v) is 6.96. The quantitative estimate of drug-likeness (QED) is 0.799. The SMILES string of the molecule is Cc1nn(C)c2n[nH]c(NC(=O)C3(CN)CCCC3)c12.Cl. The molecule has 0 saturated heterocycles. The van der Waals surface area contributed by atoms with Crippen molar-refractivity contribution in [1.29, 1.82) is 0 Å². The third-order valence-corrected chi connectivity index (χ3v) is 4.39. The molecule has 0 unspecified atom stereocenters. The minimum atomic E-state index is -0.423. The maximum atomic E-state index is 12.6. The van der Waals surface area contributed by atoms with Gasteiger partial charge < -0.3 is 11.1 Å². The summed E-state index contributed by atoms with van der Waals surface area (Å²) in [7, 11) is 1.83. The number of aromatic amines is 1. The van der Waals surface area contributed by atoms with Gasteiger partial charge in [0.25, 0.3) is 0 Å². The number of H-pyrrole nitrogens is 1. The van der Waals surface area contributed by atoms with Gasteiger partial charge in [0, 0.05) is 13.6 Å². The number of amides is 1. The van der Waals surface area contributed by atoms with E-state index in [0.717, 1.165) is 42.4 Å². The number of hydrogen-bond acceptors (Lipinski definition) is 4. The second-order valence-electron chi connectivity index (χ2n) is 5.65. The minimum Gasteiger partial charge on any atom is -0.329 e. The Morgan fingerprint density at radius 3 is 2.76 bits per heavy atom. The van der Waals surface area contributed by atoms with Gasteiger partial charge in [-0.25, -0.2) is 4.68 Å². The van der Waals surface area contributed by atoms with Gasteiger partial charge >= 0.3 is 0 Å². The molecule has 7 nitrogen and oxygen atoms in total. The van der Waals surface area contributed by atoms with Gasteiger partial charge in [-0.3, -0.25) is 9.89 Å². The molecule has 116 valence electrons. The molecule has 0 radical (unpaired) electrons. The zero-order valence-electron chi connectivity index (χ0n) is 12.3. The molecule has 0 aromatic carbocycles.